The molecule has 0 unspecified atom stereocenters. The predicted octanol–water partition coefficient (Wildman–Crippen LogP) is 5.85. The summed E-state index contributed by atoms with van der Waals surface area (Å²) in [4.78, 5) is 7.61. The average Bonchev–Trinajstić information content (AvgIpc) is 2.97. The van der Waals surface area contributed by atoms with Crippen molar-refractivity contribution in [3.8, 4) is 0 Å². The van der Waals surface area contributed by atoms with Gasteiger partial charge in [-0.1, -0.05) is 78.8 Å². The van der Waals surface area contributed by atoms with Crippen molar-refractivity contribution in [2.75, 3.05) is 0 Å². The van der Waals surface area contributed by atoms with Gasteiger partial charge in [0.15, 0.2) is 0 Å². The molecule has 0 atom stereocenters. The Kier molecular flexibility index (Phi) is 7.06. The van der Waals surface area contributed by atoms with Crippen LogP contribution in [0.25, 0.3) is 12.2 Å². The Hall–Kier alpha value is -2.58. The standard InChI is InChI=1S/C13H14N2.C8H7Cl/c1-3-12-13(15-10(2)14-12)9-11-7-5-4-6-8-11;9-7-6-8-4-2-1-3-5-8/h3-8H,1,9H2,2H3,(H,14,15);1-7H. The first-order valence-corrected chi connectivity index (χ1v) is 8.20. The van der Waals surface area contributed by atoms with Crippen LogP contribution >= 0.6 is 11.6 Å². The van der Waals surface area contributed by atoms with Crippen molar-refractivity contribution in [1.29, 1.82) is 0 Å². The second-order valence-corrected chi connectivity index (χ2v) is 5.51. The summed E-state index contributed by atoms with van der Waals surface area (Å²) in [5.41, 5.74) is 6.01. The normalized spacial score (nSPS) is 10.2. The molecule has 0 saturated heterocycles. The molecule has 0 radical (unpaired) electrons. The lowest BCUT2D eigenvalue weighted by atomic mass is 10.1. The van der Waals surface area contributed by atoms with Crippen LogP contribution in [0.1, 0.15) is 28.3 Å². The number of hydrogen-bond donors (Lipinski definition) is 1. The molecule has 0 aliphatic heterocycles. The monoisotopic (exact) mass is 336 g/mol. The highest BCUT2D eigenvalue weighted by Crippen LogP contribution is 2.13. The molecular weight excluding hydrogens is 316 g/mol. The van der Waals surface area contributed by atoms with Crippen LogP contribution in [0.4, 0.5) is 0 Å². The summed E-state index contributed by atoms with van der Waals surface area (Å²) in [5, 5.41) is 0. The quantitative estimate of drug-likeness (QED) is 0.636. The number of nitrogens with one attached hydrogen (secondary N) is 1. The second kappa shape index (κ2) is 9.53. The first kappa shape index (κ1) is 17.8. The van der Waals surface area contributed by atoms with Gasteiger partial charge in [-0.25, -0.2) is 4.98 Å². The topological polar surface area (TPSA) is 28.7 Å². The number of halogens is 1. The number of imidazole rings is 1. The van der Waals surface area contributed by atoms with E-state index in [4.69, 9.17) is 11.6 Å². The summed E-state index contributed by atoms with van der Waals surface area (Å²) in [7, 11) is 0. The third kappa shape index (κ3) is 5.56. The van der Waals surface area contributed by atoms with Crippen LogP contribution in [0, 0.1) is 6.92 Å². The van der Waals surface area contributed by atoms with E-state index in [1.807, 2.05) is 61.5 Å². The summed E-state index contributed by atoms with van der Waals surface area (Å²) >= 11 is 5.36. The highest BCUT2D eigenvalue weighted by atomic mass is 35.5. The SMILES string of the molecule is C=Cc1nc(C)[nH]c1Cc1ccccc1.ClC=Cc1ccccc1. The number of aryl methyl sites for hydroxylation is 1. The molecule has 24 heavy (non-hydrogen) atoms. The molecule has 1 N–H and O–H groups in total. The van der Waals surface area contributed by atoms with Crippen molar-refractivity contribution in [2.45, 2.75) is 13.3 Å². The Morgan fingerprint density at radius 1 is 1.04 bits per heavy atom. The summed E-state index contributed by atoms with van der Waals surface area (Å²) in [6, 6.07) is 20.3. The van der Waals surface area contributed by atoms with Crippen molar-refractivity contribution in [3.63, 3.8) is 0 Å². The highest BCUT2D eigenvalue weighted by molar-refractivity contribution is 6.27. The fourth-order valence-corrected chi connectivity index (χ4v) is 2.44. The molecular formula is C21H21ClN2. The number of rotatable bonds is 4. The summed E-state index contributed by atoms with van der Waals surface area (Å²) in [6.07, 6.45) is 4.52. The van der Waals surface area contributed by atoms with Crippen LogP contribution in [0.15, 0.2) is 72.8 Å². The number of benzene rings is 2. The summed E-state index contributed by atoms with van der Waals surface area (Å²) in [6.45, 7) is 5.72. The van der Waals surface area contributed by atoms with Gasteiger partial charge in [-0.3, -0.25) is 0 Å². The van der Waals surface area contributed by atoms with Gasteiger partial charge in [-0.15, -0.1) is 0 Å². The van der Waals surface area contributed by atoms with E-state index in [-0.39, 0.29) is 0 Å². The van der Waals surface area contributed by atoms with E-state index >= 15 is 0 Å². The second-order valence-electron chi connectivity index (χ2n) is 5.26. The number of aromatic nitrogens is 2. The van der Waals surface area contributed by atoms with E-state index < -0.39 is 0 Å². The minimum Gasteiger partial charge on any atom is -0.345 e. The van der Waals surface area contributed by atoms with E-state index in [1.165, 1.54) is 11.1 Å². The highest BCUT2D eigenvalue weighted by Gasteiger charge is 2.05. The Morgan fingerprint density at radius 2 is 1.67 bits per heavy atom. The maximum absolute atomic E-state index is 5.36. The van der Waals surface area contributed by atoms with Crippen LogP contribution in [-0.4, -0.2) is 9.97 Å². The third-order valence-electron chi connectivity index (χ3n) is 3.40. The first-order chi connectivity index (χ1) is 11.7. The van der Waals surface area contributed by atoms with E-state index in [9.17, 15) is 0 Å². The van der Waals surface area contributed by atoms with Crippen molar-refractivity contribution in [2.24, 2.45) is 0 Å². The number of H-pyrrole nitrogens is 1. The fraction of sp³-hybridized carbons (Fsp3) is 0.0952. The van der Waals surface area contributed by atoms with E-state index in [0.29, 0.717) is 0 Å². The lowest BCUT2D eigenvalue weighted by molar-refractivity contribution is 1.07. The molecule has 3 heteroatoms. The van der Waals surface area contributed by atoms with Crippen LogP contribution in [-0.2, 0) is 6.42 Å². The largest absolute Gasteiger partial charge is 0.345 e. The van der Waals surface area contributed by atoms with Crippen molar-refractivity contribution in [1.82, 2.24) is 9.97 Å². The van der Waals surface area contributed by atoms with E-state index in [0.717, 1.165) is 29.2 Å². The van der Waals surface area contributed by atoms with Crippen LogP contribution < -0.4 is 0 Å². The van der Waals surface area contributed by atoms with Gasteiger partial charge in [0.1, 0.15) is 5.82 Å². The lowest BCUT2D eigenvalue weighted by Gasteiger charge is -1.99. The Balaban J connectivity index is 0.000000198. The molecule has 1 aromatic heterocycles. The molecule has 0 aliphatic rings. The molecule has 3 rings (SSSR count). The Bertz CT molecular complexity index is 774. The maximum Gasteiger partial charge on any atom is 0.103 e. The summed E-state index contributed by atoms with van der Waals surface area (Å²) < 4.78 is 0. The van der Waals surface area contributed by atoms with Crippen LogP contribution in [0.2, 0.25) is 0 Å². The van der Waals surface area contributed by atoms with Gasteiger partial charge in [-0.2, -0.15) is 0 Å². The first-order valence-electron chi connectivity index (χ1n) is 7.76. The van der Waals surface area contributed by atoms with E-state index in [1.54, 1.807) is 6.08 Å². The number of nitrogens with zero attached hydrogens (tertiary/aromatic N) is 1. The van der Waals surface area contributed by atoms with Gasteiger partial charge in [0.25, 0.3) is 0 Å². The zero-order valence-corrected chi connectivity index (χ0v) is 14.5. The fourth-order valence-electron chi connectivity index (χ4n) is 2.30. The molecule has 122 valence electrons. The molecule has 0 spiro atoms. The average molecular weight is 337 g/mol. The van der Waals surface area contributed by atoms with Crippen molar-refractivity contribution in [3.05, 3.63) is 101 Å². The predicted molar refractivity (Wildman–Crippen MR) is 104 cm³/mol. The van der Waals surface area contributed by atoms with Gasteiger partial charge in [-0.05, 0) is 30.2 Å². The smallest absolute Gasteiger partial charge is 0.103 e. The molecule has 0 bridgehead atoms. The van der Waals surface area contributed by atoms with Gasteiger partial charge < -0.3 is 4.98 Å². The van der Waals surface area contributed by atoms with Crippen molar-refractivity contribution >= 4 is 23.8 Å². The zero-order chi connectivity index (χ0) is 17.2. The molecule has 0 aliphatic carbocycles. The Morgan fingerprint density at radius 3 is 2.25 bits per heavy atom. The molecule has 3 aromatic rings. The molecule has 0 fully saturated rings. The molecule has 1 heterocycles. The number of hydrogen-bond acceptors (Lipinski definition) is 1. The van der Waals surface area contributed by atoms with E-state index in [2.05, 4.69) is 28.7 Å². The Labute approximate surface area is 148 Å². The van der Waals surface area contributed by atoms with Crippen LogP contribution in [0.3, 0.4) is 0 Å². The third-order valence-corrected chi connectivity index (χ3v) is 3.53. The summed E-state index contributed by atoms with van der Waals surface area (Å²) in [5.74, 6) is 0.941. The zero-order valence-electron chi connectivity index (χ0n) is 13.7. The molecule has 2 aromatic carbocycles. The lowest BCUT2D eigenvalue weighted by Crippen LogP contribution is -1.90. The maximum atomic E-state index is 5.36. The number of aromatic amines is 1. The minimum absolute atomic E-state index is 0.878. The van der Waals surface area contributed by atoms with Gasteiger partial charge in [0.05, 0.1) is 5.69 Å². The van der Waals surface area contributed by atoms with Gasteiger partial charge in [0.2, 0.25) is 0 Å². The van der Waals surface area contributed by atoms with Gasteiger partial charge >= 0.3 is 0 Å². The molecule has 0 saturated carbocycles. The molecule has 0 amide bonds. The minimum atomic E-state index is 0.878. The molecule has 2 nitrogen and oxygen atoms in total. The van der Waals surface area contributed by atoms with Crippen LogP contribution in [0.5, 0.6) is 0 Å². The van der Waals surface area contributed by atoms with Gasteiger partial charge in [0, 0.05) is 17.6 Å². The van der Waals surface area contributed by atoms with Crippen molar-refractivity contribution < 1.29 is 0 Å².